The van der Waals surface area contributed by atoms with Crippen LogP contribution in [0.25, 0.3) is 10.8 Å². The SMILES string of the molecule is CC(=O)N(NCc1cccc(F)c1Cl)[C@H](CCC=O)C(OC(=O)Nc1cc2ccccc2cn1)C1CNCCN1. The van der Waals surface area contributed by atoms with Gasteiger partial charge < -0.3 is 20.2 Å². The molecule has 10 nitrogen and oxygen atoms in total. The van der Waals surface area contributed by atoms with Crippen LogP contribution in [0, 0.1) is 5.82 Å². The lowest BCUT2D eigenvalue weighted by molar-refractivity contribution is -0.140. The number of carbonyl (C=O) groups excluding carboxylic acids is 3. The zero-order valence-electron chi connectivity index (χ0n) is 22.0. The summed E-state index contributed by atoms with van der Waals surface area (Å²) in [4.78, 5) is 41.7. The molecule has 1 aliphatic heterocycles. The number of hydrogen-bond donors (Lipinski definition) is 4. The lowest BCUT2D eigenvalue weighted by Gasteiger charge is -2.41. The van der Waals surface area contributed by atoms with Gasteiger partial charge in [-0.3, -0.25) is 15.1 Å². The van der Waals surface area contributed by atoms with Crippen LogP contribution in [-0.2, 0) is 20.9 Å². The molecule has 40 heavy (non-hydrogen) atoms. The van der Waals surface area contributed by atoms with Gasteiger partial charge in [0, 0.05) is 51.1 Å². The number of piperazine rings is 1. The van der Waals surface area contributed by atoms with E-state index in [2.05, 4.69) is 26.4 Å². The van der Waals surface area contributed by atoms with E-state index in [4.69, 9.17) is 16.3 Å². The summed E-state index contributed by atoms with van der Waals surface area (Å²) in [5.74, 6) is -0.646. The highest BCUT2D eigenvalue weighted by molar-refractivity contribution is 6.31. The van der Waals surface area contributed by atoms with Gasteiger partial charge in [-0.25, -0.2) is 19.6 Å². The molecule has 0 spiro atoms. The van der Waals surface area contributed by atoms with E-state index in [0.29, 0.717) is 24.5 Å². The van der Waals surface area contributed by atoms with E-state index in [0.717, 1.165) is 23.6 Å². The minimum Gasteiger partial charge on any atom is -0.442 e. The smallest absolute Gasteiger partial charge is 0.413 e. The van der Waals surface area contributed by atoms with Gasteiger partial charge in [0.05, 0.1) is 17.1 Å². The molecule has 2 unspecified atom stereocenters. The van der Waals surface area contributed by atoms with Crippen LogP contribution >= 0.6 is 11.6 Å². The molecule has 0 aliphatic carbocycles. The molecule has 3 atom stereocenters. The molecule has 1 aromatic heterocycles. The molecule has 12 heteroatoms. The number of rotatable bonds is 11. The normalized spacial score (nSPS) is 16.6. The number of aldehydes is 1. The van der Waals surface area contributed by atoms with Crippen molar-refractivity contribution in [2.24, 2.45) is 0 Å². The third-order valence-corrected chi connectivity index (χ3v) is 7.10. The van der Waals surface area contributed by atoms with Crippen molar-refractivity contribution in [1.82, 2.24) is 26.1 Å². The molecule has 2 heterocycles. The average Bonchev–Trinajstić information content (AvgIpc) is 2.96. The molecule has 212 valence electrons. The van der Waals surface area contributed by atoms with Crippen LogP contribution in [0.3, 0.4) is 0 Å². The topological polar surface area (TPSA) is 125 Å². The molecule has 0 saturated carbocycles. The Morgan fingerprint density at radius 1 is 1.23 bits per heavy atom. The number of hydrazine groups is 1. The van der Waals surface area contributed by atoms with E-state index in [1.807, 2.05) is 24.3 Å². The minimum atomic E-state index is -0.868. The largest absolute Gasteiger partial charge is 0.442 e. The van der Waals surface area contributed by atoms with Crippen molar-refractivity contribution >= 4 is 46.5 Å². The van der Waals surface area contributed by atoms with Crippen LogP contribution in [0.4, 0.5) is 15.0 Å². The van der Waals surface area contributed by atoms with E-state index in [1.54, 1.807) is 18.3 Å². The van der Waals surface area contributed by atoms with Crippen LogP contribution in [0.5, 0.6) is 0 Å². The second-order valence-corrected chi connectivity index (χ2v) is 9.80. The summed E-state index contributed by atoms with van der Waals surface area (Å²) >= 11 is 6.12. The van der Waals surface area contributed by atoms with Crippen LogP contribution in [-0.4, -0.2) is 66.1 Å². The van der Waals surface area contributed by atoms with Crippen molar-refractivity contribution in [3.63, 3.8) is 0 Å². The van der Waals surface area contributed by atoms with Crippen molar-refractivity contribution in [2.45, 2.75) is 44.5 Å². The van der Waals surface area contributed by atoms with Gasteiger partial charge in [0.2, 0.25) is 5.91 Å². The maximum Gasteiger partial charge on any atom is 0.413 e. The zero-order valence-corrected chi connectivity index (χ0v) is 22.8. The Labute approximate surface area is 236 Å². The Balaban J connectivity index is 1.58. The van der Waals surface area contributed by atoms with Gasteiger partial charge >= 0.3 is 6.09 Å². The fourth-order valence-corrected chi connectivity index (χ4v) is 4.94. The molecular formula is C28H32ClFN6O4. The highest BCUT2D eigenvalue weighted by Gasteiger charge is 2.38. The first-order chi connectivity index (χ1) is 19.4. The van der Waals surface area contributed by atoms with Crippen LogP contribution in [0.15, 0.2) is 54.7 Å². The summed E-state index contributed by atoms with van der Waals surface area (Å²) in [6.07, 6.45) is 1.10. The van der Waals surface area contributed by atoms with E-state index < -0.39 is 24.1 Å². The molecule has 1 fully saturated rings. The summed E-state index contributed by atoms with van der Waals surface area (Å²) in [6, 6.07) is 12.6. The fraction of sp³-hybridized carbons (Fsp3) is 0.357. The quantitative estimate of drug-likeness (QED) is 0.204. The lowest BCUT2D eigenvalue weighted by atomic mass is 9.96. The van der Waals surface area contributed by atoms with Gasteiger partial charge in [-0.1, -0.05) is 48.0 Å². The number of fused-ring (bicyclic) bond motifs is 1. The number of carbonyl (C=O) groups is 3. The highest BCUT2D eigenvalue weighted by Crippen LogP contribution is 2.22. The molecule has 1 aliphatic rings. The monoisotopic (exact) mass is 570 g/mol. The van der Waals surface area contributed by atoms with Crippen molar-refractivity contribution < 1.29 is 23.5 Å². The second kappa shape index (κ2) is 14.1. The third kappa shape index (κ3) is 7.51. The van der Waals surface area contributed by atoms with Gasteiger partial charge in [-0.05, 0) is 29.5 Å². The molecule has 0 bridgehead atoms. The van der Waals surface area contributed by atoms with E-state index in [9.17, 15) is 18.8 Å². The van der Waals surface area contributed by atoms with Crippen LogP contribution in [0.2, 0.25) is 5.02 Å². The lowest BCUT2D eigenvalue weighted by Crippen LogP contribution is -2.63. The first-order valence-electron chi connectivity index (χ1n) is 13.0. The van der Waals surface area contributed by atoms with Crippen molar-refractivity contribution in [3.8, 4) is 0 Å². The van der Waals surface area contributed by atoms with Gasteiger partial charge in [0.1, 0.15) is 24.0 Å². The molecule has 0 radical (unpaired) electrons. The van der Waals surface area contributed by atoms with Crippen molar-refractivity contribution in [1.29, 1.82) is 0 Å². The fourth-order valence-electron chi connectivity index (χ4n) is 4.74. The summed E-state index contributed by atoms with van der Waals surface area (Å²) in [7, 11) is 0. The van der Waals surface area contributed by atoms with Gasteiger partial charge in [-0.15, -0.1) is 0 Å². The number of halogens is 2. The molecule has 4 N–H and O–H groups in total. The first-order valence-corrected chi connectivity index (χ1v) is 13.4. The first kappa shape index (κ1) is 29.3. The summed E-state index contributed by atoms with van der Waals surface area (Å²) < 4.78 is 20.0. The van der Waals surface area contributed by atoms with Crippen LogP contribution in [0.1, 0.15) is 25.3 Å². The molecule has 1 saturated heterocycles. The molecular weight excluding hydrogens is 539 g/mol. The van der Waals surface area contributed by atoms with Gasteiger partial charge in [0.15, 0.2) is 0 Å². The average molecular weight is 571 g/mol. The molecule has 2 aromatic carbocycles. The second-order valence-electron chi connectivity index (χ2n) is 9.42. The van der Waals surface area contributed by atoms with E-state index in [1.165, 1.54) is 24.1 Å². The third-order valence-electron chi connectivity index (χ3n) is 6.68. The molecule has 4 rings (SSSR count). The number of nitrogens with zero attached hydrogens (tertiary/aromatic N) is 2. The maximum absolute atomic E-state index is 14.0. The van der Waals surface area contributed by atoms with E-state index >= 15 is 0 Å². The summed E-state index contributed by atoms with van der Waals surface area (Å²) in [6.45, 7) is 3.19. The zero-order chi connectivity index (χ0) is 28.5. The number of ether oxygens (including phenoxy) is 1. The number of nitrogens with one attached hydrogen (secondary N) is 4. The summed E-state index contributed by atoms with van der Waals surface area (Å²) in [5, 5.41) is 12.4. The molecule has 3 aromatic rings. The maximum atomic E-state index is 14.0. The predicted octanol–water partition coefficient (Wildman–Crippen LogP) is 3.41. The van der Waals surface area contributed by atoms with Crippen molar-refractivity contribution in [3.05, 3.63) is 71.1 Å². The summed E-state index contributed by atoms with van der Waals surface area (Å²) in [5.41, 5.74) is 3.46. The molecule has 2 amide bonds. The number of aromatic nitrogens is 1. The number of hydrogen-bond acceptors (Lipinski definition) is 8. The Morgan fingerprint density at radius 3 is 2.75 bits per heavy atom. The Morgan fingerprint density at radius 2 is 2.02 bits per heavy atom. The Kier molecular flexibility index (Phi) is 10.4. The Hall–Kier alpha value is -3.64. The standard InChI is InChI=1S/C28H32ClFN6O4/c1-18(38)36(34-16-21-8-4-9-22(30)26(21)29)24(10-5-13-37)27(23-17-31-11-12-32-23)40-28(39)35-25-14-19-6-2-3-7-20(19)15-33-25/h2-4,6-9,13-15,23-24,27,31-32,34H,5,10-12,16-17H2,1H3,(H,33,35,39)/t23?,24-,27?/m1/s1. The number of pyridine rings is 1. The number of amides is 2. The number of benzene rings is 2. The Bertz CT molecular complexity index is 1340. The van der Waals surface area contributed by atoms with E-state index in [-0.39, 0.29) is 36.4 Å². The highest BCUT2D eigenvalue weighted by atomic mass is 35.5. The minimum absolute atomic E-state index is 0.0318. The van der Waals surface area contributed by atoms with Crippen molar-refractivity contribution in [2.75, 3.05) is 25.0 Å². The predicted molar refractivity (Wildman–Crippen MR) is 150 cm³/mol. The van der Waals surface area contributed by atoms with Gasteiger partial charge in [-0.2, -0.15) is 0 Å². The number of anilines is 1. The van der Waals surface area contributed by atoms with Gasteiger partial charge in [0.25, 0.3) is 0 Å². The van der Waals surface area contributed by atoms with Crippen LogP contribution < -0.4 is 21.4 Å².